The molecule has 1 aromatic carbocycles. The predicted octanol–water partition coefficient (Wildman–Crippen LogP) is 4.26. The molecule has 0 spiro atoms. The van der Waals surface area contributed by atoms with E-state index in [1.165, 1.54) is 12.1 Å². The third kappa shape index (κ3) is 4.16. The zero-order valence-electron chi connectivity index (χ0n) is 11.9. The Morgan fingerprint density at radius 1 is 1.25 bits per heavy atom. The lowest BCUT2D eigenvalue weighted by molar-refractivity contribution is 0.198. The van der Waals surface area contributed by atoms with Gasteiger partial charge in [-0.15, -0.1) is 0 Å². The van der Waals surface area contributed by atoms with E-state index in [1.807, 2.05) is 0 Å². The van der Waals surface area contributed by atoms with Crippen LogP contribution in [0.2, 0.25) is 0 Å². The molecular weight excluding hydrogens is 326 g/mol. The van der Waals surface area contributed by atoms with E-state index in [1.54, 1.807) is 0 Å². The smallest absolute Gasteiger partial charge is 0.147 e. The summed E-state index contributed by atoms with van der Waals surface area (Å²) in [5.41, 5.74) is 0.257. The minimum Gasteiger partial charge on any atom is -0.380 e. The first kappa shape index (κ1) is 15.7. The molecule has 0 aliphatic carbocycles. The molecule has 2 rings (SSSR count). The normalized spacial score (nSPS) is 17.7. The van der Waals surface area contributed by atoms with Crippen molar-refractivity contribution in [1.29, 1.82) is 0 Å². The van der Waals surface area contributed by atoms with Crippen LogP contribution in [0.15, 0.2) is 16.6 Å². The van der Waals surface area contributed by atoms with Crippen molar-refractivity contribution in [2.75, 3.05) is 25.0 Å². The van der Waals surface area contributed by atoms with Crippen LogP contribution in [0.25, 0.3) is 0 Å². The van der Waals surface area contributed by atoms with Crippen molar-refractivity contribution in [3.05, 3.63) is 28.2 Å². The lowest BCUT2D eigenvalue weighted by Gasteiger charge is -2.33. The summed E-state index contributed by atoms with van der Waals surface area (Å²) in [6, 6.07) is 2.61. The van der Waals surface area contributed by atoms with Crippen LogP contribution in [-0.2, 0) is 0 Å². The Balaban J connectivity index is 1.91. The number of rotatable bonds is 4. The molecule has 0 unspecified atom stereocenters. The molecule has 0 bridgehead atoms. The molecule has 1 heterocycles. The SMILES string of the molecule is CC(C)CN1CCC(Nc2cc(F)c(Br)cc2F)CC1. The van der Waals surface area contributed by atoms with E-state index in [0.29, 0.717) is 5.92 Å². The van der Waals surface area contributed by atoms with Gasteiger partial charge in [-0.2, -0.15) is 0 Å². The highest BCUT2D eigenvalue weighted by molar-refractivity contribution is 9.10. The van der Waals surface area contributed by atoms with Crippen molar-refractivity contribution in [3.8, 4) is 0 Å². The Labute approximate surface area is 127 Å². The van der Waals surface area contributed by atoms with Crippen LogP contribution in [0, 0.1) is 17.6 Å². The Bertz CT molecular complexity index is 457. The molecule has 1 fully saturated rings. The molecule has 2 nitrogen and oxygen atoms in total. The van der Waals surface area contributed by atoms with Crippen LogP contribution in [0.3, 0.4) is 0 Å². The number of anilines is 1. The Hall–Kier alpha value is -0.680. The number of hydrogen-bond donors (Lipinski definition) is 1. The van der Waals surface area contributed by atoms with Crippen LogP contribution in [0.4, 0.5) is 14.5 Å². The van der Waals surface area contributed by atoms with E-state index < -0.39 is 11.6 Å². The van der Waals surface area contributed by atoms with Gasteiger partial charge in [0.25, 0.3) is 0 Å². The number of hydrogen-bond acceptors (Lipinski definition) is 2. The van der Waals surface area contributed by atoms with E-state index in [9.17, 15) is 8.78 Å². The van der Waals surface area contributed by atoms with Crippen LogP contribution >= 0.6 is 15.9 Å². The summed E-state index contributed by atoms with van der Waals surface area (Å²) >= 11 is 2.99. The monoisotopic (exact) mass is 346 g/mol. The average Bonchev–Trinajstić information content (AvgIpc) is 2.37. The van der Waals surface area contributed by atoms with Crippen LogP contribution in [-0.4, -0.2) is 30.6 Å². The molecule has 20 heavy (non-hydrogen) atoms. The summed E-state index contributed by atoms with van der Waals surface area (Å²) in [5.74, 6) is -0.188. The molecule has 0 aromatic heterocycles. The number of nitrogens with one attached hydrogen (secondary N) is 1. The van der Waals surface area contributed by atoms with Crippen molar-refractivity contribution >= 4 is 21.6 Å². The summed E-state index contributed by atoms with van der Waals surface area (Å²) in [4.78, 5) is 2.43. The van der Waals surface area contributed by atoms with Crippen molar-refractivity contribution in [1.82, 2.24) is 4.90 Å². The van der Waals surface area contributed by atoms with Gasteiger partial charge >= 0.3 is 0 Å². The summed E-state index contributed by atoms with van der Waals surface area (Å²) < 4.78 is 27.4. The van der Waals surface area contributed by atoms with Crippen LogP contribution in [0.1, 0.15) is 26.7 Å². The molecule has 1 aliphatic rings. The van der Waals surface area contributed by atoms with Crippen molar-refractivity contribution in [3.63, 3.8) is 0 Å². The van der Waals surface area contributed by atoms with Crippen molar-refractivity contribution in [2.45, 2.75) is 32.7 Å². The van der Waals surface area contributed by atoms with E-state index >= 15 is 0 Å². The first-order valence-electron chi connectivity index (χ1n) is 7.09. The zero-order chi connectivity index (χ0) is 14.7. The molecule has 0 saturated carbocycles. The van der Waals surface area contributed by atoms with Gasteiger partial charge in [0.2, 0.25) is 0 Å². The van der Waals surface area contributed by atoms with Crippen molar-refractivity contribution in [2.24, 2.45) is 5.92 Å². The third-order valence-electron chi connectivity index (χ3n) is 3.58. The first-order valence-corrected chi connectivity index (χ1v) is 7.88. The minimum atomic E-state index is -0.439. The maximum atomic E-state index is 13.8. The largest absolute Gasteiger partial charge is 0.380 e. The van der Waals surface area contributed by atoms with Gasteiger partial charge in [-0.3, -0.25) is 0 Å². The Morgan fingerprint density at radius 3 is 2.50 bits per heavy atom. The van der Waals surface area contributed by atoms with Gasteiger partial charge in [0.1, 0.15) is 11.6 Å². The fraction of sp³-hybridized carbons (Fsp3) is 0.600. The van der Waals surface area contributed by atoms with Crippen molar-refractivity contribution < 1.29 is 8.78 Å². The number of benzene rings is 1. The number of likely N-dealkylation sites (tertiary alicyclic amines) is 1. The summed E-state index contributed by atoms with van der Waals surface area (Å²) in [6.07, 6.45) is 1.92. The Kier molecular flexibility index (Phi) is 5.38. The number of piperidine rings is 1. The highest BCUT2D eigenvalue weighted by Crippen LogP contribution is 2.25. The van der Waals surface area contributed by atoms with Crippen LogP contribution < -0.4 is 5.32 Å². The summed E-state index contributed by atoms with van der Waals surface area (Å²) in [5, 5.41) is 3.13. The highest BCUT2D eigenvalue weighted by atomic mass is 79.9. The van der Waals surface area contributed by atoms with Gasteiger partial charge in [0, 0.05) is 31.7 Å². The second-order valence-electron chi connectivity index (χ2n) is 5.86. The van der Waals surface area contributed by atoms with Gasteiger partial charge in [0.05, 0.1) is 10.2 Å². The fourth-order valence-corrected chi connectivity index (χ4v) is 2.94. The molecule has 1 aromatic rings. The maximum absolute atomic E-state index is 13.8. The van der Waals surface area contributed by atoms with E-state index in [4.69, 9.17) is 0 Å². The van der Waals surface area contributed by atoms with Gasteiger partial charge in [-0.05, 0) is 40.8 Å². The molecule has 1 saturated heterocycles. The molecule has 0 amide bonds. The Morgan fingerprint density at radius 2 is 1.90 bits per heavy atom. The quantitative estimate of drug-likeness (QED) is 0.819. The second kappa shape index (κ2) is 6.85. The predicted molar refractivity (Wildman–Crippen MR) is 82.0 cm³/mol. The topological polar surface area (TPSA) is 15.3 Å². The third-order valence-corrected chi connectivity index (χ3v) is 4.19. The first-order chi connectivity index (χ1) is 9.45. The zero-order valence-corrected chi connectivity index (χ0v) is 13.5. The molecule has 5 heteroatoms. The van der Waals surface area contributed by atoms with E-state index in [0.717, 1.165) is 32.5 Å². The lowest BCUT2D eigenvalue weighted by Crippen LogP contribution is -2.40. The van der Waals surface area contributed by atoms with Gasteiger partial charge in [-0.25, -0.2) is 8.78 Å². The number of nitrogens with zero attached hydrogens (tertiary/aromatic N) is 1. The standard InChI is InChI=1S/C15H21BrF2N2/c1-10(2)9-20-5-3-11(4-6-20)19-15-8-13(17)12(16)7-14(15)18/h7-8,10-11,19H,3-6,9H2,1-2H3. The van der Waals surface area contributed by atoms with E-state index in [2.05, 4.69) is 40.0 Å². The van der Waals surface area contributed by atoms with Gasteiger partial charge in [-0.1, -0.05) is 13.8 Å². The van der Waals surface area contributed by atoms with Gasteiger partial charge < -0.3 is 10.2 Å². The summed E-state index contributed by atoms with van der Waals surface area (Å²) in [7, 11) is 0. The fourth-order valence-electron chi connectivity index (χ4n) is 2.63. The summed E-state index contributed by atoms with van der Waals surface area (Å²) in [6.45, 7) is 7.55. The van der Waals surface area contributed by atoms with Gasteiger partial charge in [0.15, 0.2) is 0 Å². The molecule has 1 N–H and O–H groups in total. The molecule has 0 atom stereocenters. The molecular formula is C15H21BrF2N2. The molecule has 1 aliphatic heterocycles. The molecule has 0 radical (unpaired) electrons. The maximum Gasteiger partial charge on any atom is 0.147 e. The van der Waals surface area contributed by atoms with Crippen LogP contribution in [0.5, 0.6) is 0 Å². The second-order valence-corrected chi connectivity index (χ2v) is 6.71. The average molecular weight is 347 g/mol. The molecule has 112 valence electrons. The number of halogens is 3. The van der Waals surface area contributed by atoms with E-state index in [-0.39, 0.29) is 16.2 Å². The highest BCUT2D eigenvalue weighted by Gasteiger charge is 2.20. The minimum absolute atomic E-state index is 0.160. The lowest BCUT2D eigenvalue weighted by atomic mass is 10.0.